The average molecular weight is 255 g/mol. The largest absolute Gasteiger partial charge is 0.496 e. The van der Waals surface area contributed by atoms with Gasteiger partial charge in [-0.2, -0.15) is 0 Å². The van der Waals surface area contributed by atoms with E-state index in [0.717, 1.165) is 11.1 Å². The Morgan fingerprint density at radius 2 is 2.12 bits per heavy atom. The van der Waals surface area contributed by atoms with Gasteiger partial charge in [-0.05, 0) is 20.0 Å². The van der Waals surface area contributed by atoms with E-state index in [0.29, 0.717) is 5.75 Å². The molecule has 1 fully saturated rings. The molecule has 1 N–H and O–H groups in total. The molecular weight excluding hydrogens is 238 g/mol. The van der Waals surface area contributed by atoms with Gasteiger partial charge in [0.2, 0.25) is 0 Å². The summed E-state index contributed by atoms with van der Waals surface area (Å²) in [5.74, 6) is 0.842. The molecule has 1 aliphatic rings. The first-order valence-electron chi connectivity index (χ1n) is 5.53. The van der Waals surface area contributed by atoms with Crippen molar-refractivity contribution in [2.24, 2.45) is 0 Å². The molecule has 0 radical (unpaired) electrons. The normalized spacial score (nSPS) is 26.3. The van der Waals surface area contributed by atoms with Gasteiger partial charge in [0.05, 0.1) is 12.9 Å². The molecule has 1 saturated heterocycles. The van der Waals surface area contributed by atoms with Crippen LogP contribution in [0.1, 0.15) is 16.4 Å². The monoisotopic (exact) mass is 255 g/mol. The van der Waals surface area contributed by atoms with Crippen LogP contribution >= 0.6 is 0 Å². The number of nitrogens with one attached hydrogen (secondary N) is 1. The summed E-state index contributed by atoms with van der Waals surface area (Å²) in [7, 11) is 0.321. The van der Waals surface area contributed by atoms with E-state index in [4.69, 9.17) is 4.74 Å². The van der Waals surface area contributed by atoms with E-state index in [2.05, 4.69) is 5.32 Å². The summed E-state index contributed by atoms with van der Waals surface area (Å²) in [6.07, 6.45) is 0. The van der Waals surface area contributed by atoms with Crippen LogP contribution in [0.3, 0.4) is 0 Å². The Bertz CT molecular complexity index is 525. The predicted molar refractivity (Wildman–Crippen MR) is 67.1 cm³/mol. The molecule has 2 rings (SSSR count). The van der Waals surface area contributed by atoms with Crippen LogP contribution in [-0.2, 0) is 9.84 Å². The first-order chi connectivity index (χ1) is 7.99. The fourth-order valence-electron chi connectivity index (χ4n) is 2.29. The van der Waals surface area contributed by atoms with Crippen molar-refractivity contribution in [2.45, 2.75) is 18.2 Å². The molecule has 0 aromatic heterocycles. The van der Waals surface area contributed by atoms with Gasteiger partial charge in [-0.1, -0.05) is 17.7 Å². The first kappa shape index (κ1) is 12.4. The third-order valence-electron chi connectivity index (χ3n) is 3.23. The SMILES string of the molecule is CNC1CS(=O)(=O)C1c1cc(C)ccc1OC. The number of methoxy groups -OCH3 is 1. The van der Waals surface area contributed by atoms with Crippen molar-refractivity contribution in [2.75, 3.05) is 19.9 Å². The topological polar surface area (TPSA) is 55.4 Å². The summed E-state index contributed by atoms with van der Waals surface area (Å²) in [6, 6.07) is 5.62. The molecule has 94 valence electrons. The number of sulfone groups is 1. The molecule has 2 atom stereocenters. The Morgan fingerprint density at radius 3 is 2.65 bits per heavy atom. The van der Waals surface area contributed by atoms with Crippen LogP contribution in [0.2, 0.25) is 0 Å². The highest BCUT2D eigenvalue weighted by molar-refractivity contribution is 7.93. The fourth-order valence-corrected chi connectivity index (χ4v) is 4.30. The molecule has 0 spiro atoms. The van der Waals surface area contributed by atoms with E-state index in [-0.39, 0.29) is 11.8 Å². The first-order valence-corrected chi connectivity index (χ1v) is 7.24. The molecule has 0 amide bonds. The lowest BCUT2D eigenvalue weighted by molar-refractivity contribution is 0.400. The molecule has 4 nitrogen and oxygen atoms in total. The van der Waals surface area contributed by atoms with Gasteiger partial charge in [0.1, 0.15) is 11.0 Å². The number of benzene rings is 1. The zero-order valence-electron chi connectivity index (χ0n) is 10.2. The maximum Gasteiger partial charge on any atom is 0.160 e. The van der Waals surface area contributed by atoms with E-state index in [1.54, 1.807) is 14.2 Å². The molecule has 2 unspecified atom stereocenters. The summed E-state index contributed by atoms with van der Waals surface area (Å²) in [5, 5.41) is 2.56. The highest BCUT2D eigenvalue weighted by Crippen LogP contribution is 2.41. The highest BCUT2D eigenvalue weighted by atomic mass is 32.2. The standard InChI is InChI=1S/C12H17NO3S/c1-8-4-5-11(16-3)9(6-8)12-10(13-2)7-17(12,14)15/h4-6,10,12-13H,7H2,1-3H3. The van der Waals surface area contributed by atoms with E-state index >= 15 is 0 Å². The van der Waals surface area contributed by atoms with Gasteiger partial charge in [0.25, 0.3) is 0 Å². The van der Waals surface area contributed by atoms with Crippen LogP contribution in [0.15, 0.2) is 18.2 Å². The number of hydrogen-bond acceptors (Lipinski definition) is 4. The van der Waals surface area contributed by atoms with Crippen LogP contribution in [0, 0.1) is 6.92 Å². The van der Waals surface area contributed by atoms with Crippen molar-refractivity contribution in [3.05, 3.63) is 29.3 Å². The molecule has 0 bridgehead atoms. The lowest BCUT2D eigenvalue weighted by Gasteiger charge is -2.37. The van der Waals surface area contributed by atoms with Crippen molar-refractivity contribution in [1.29, 1.82) is 0 Å². The highest BCUT2D eigenvalue weighted by Gasteiger charge is 2.47. The van der Waals surface area contributed by atoms with Gasteiger partial charge in [0.15, 0.2) is 9.84 Å². The third-order valence-corrected chi connectivity index (χ3v) is 5.41. The van der Waals surface area contributed by atoms with Gasteiger partial charge in [0, 0.05) is 11.6 Å². The number of likely N-dealkylation sites (N-methyl/N-ethyl adjacent to an activating group) is 1. The molecule has 1 heterocycles. The van der Waals surface area contributed by atoms with E-state index in [1.165, 1.54) is 0 Å². The maximum absolute atomic E-state index is 11.9. The Balaban J connectivity index is 2.48. The van der Waals surface area contributed by atoms with Gasteiger partial charge < -0.3 is 10.1 Å². The second kappa shape index (κ2) is 4.31. The number of aryl methyl sites for hydroxylation is 1. The number of rotatable bonds is 3. The minimum absolute atomic E-state index is 0.0179. The quantitative estimate of drug-likeness (QED) is 0.877. The predicted octanol–water partition coefficient (Wildman–Crippen LogP) is 1.06. The Hall–Kier alpha value is -1.07. The maximum atomic E-state index is 11.9. The van der Waals surface area contributed by atoms with Crippen molar-refractivity contribution >= 4 is 9.84 Å². The smallest absolute Gasteiger partial charge is 0.160 e. The second-order valence-electron chi connectivity index (χ2n) is 4.39. The molecule has 0 aliphatic carbocycles. The summed E-state index contributed by atoms with van der Waals surface area (Å²) in [4.78, 5) is 0. The average Bonchev–Trinajstić information content (AvgIpc) is 2.26. The second-order valence-corrected chi connectivity index (χ2v) is 6.56. The van der Waals surface area contributed by atoms with Gasteiger partial charge in [-0.15, -0.1) is 0 Å². The molecule has 1 aromatic carbocycles. The minimum Gasteiger partial charge on any atom is -0.496 e. The van der Waals surface area contributed by atoms with Crippen molar-refractivity contribution < 1.29 is 13.2 Å². The van der Waals surface area contributed by atoms with Crippen LogP contribution in [-0.4, -0.2) is 34.4 Å². The van der Waals surface area contributed by atoms with E-state index < -0.39 is 15.1 Å². The summed E-state index contributed by atoms with van der Waals surface area (Å²) >= 11 is 0. The zero-order chi connectivity index (χ0) is 12.6. The van der Waals surface area contributed by atoms with Crippen LogP contribution in [0.4, 0.5) is 0 Å². The van der Waals surface area contributed by atoms with E-state index in [1.807, 2.05) is 25.1 Å². The zero-order valence-corrected chi connectivity index (χ0v) is 11.0. The Labute approximate surface area is 102 Å². The van der Waals surface area contributed by atoms with Crippen molar-refractivity contribution in [3.63, 3.8) is 0 Å². The van der Waals surface area contributed by atoms with Crippen LogP contribution < -0.4 is 10.1 Å². The lowest BCUT2D eigenvalue weighted by atomic mass is 10.0. The Kier molecular flexibility index (Phi) is 3.14. The van der Waals surface area contributed by atoms with Gasteiger partial charge in [-0.25, -0.2) is 8.42 Å². The summed E-state index contributed by atoms with van der Waals surface area (Å²) in [5.41, 5.74) is 1.80. The van der Waals surface area contributed by atoms with E-state index in [9.17, 15) is 8.42 Å². The van der Waals surface area contributed by atoms with Crippen molar-refractivity contribution in [3.8, 4) is 5.75 Å². The molecule has 1 aromatic rings. The Morgan fingerprint density at radius 1 is 1.41 bits per heavy atom. The van der Waals surface area contributed by atoms with Gasteiger partial charge >= 0.3 is 0 Å². The molecule has 17 heavy (non-hydrogen) atoms. The number of ether oxygens (including phenoxy) is 1. The third kappa shape index (κ3) is 2.05. The number of hydrogen-bond donors (Lipinski definition) is 1. The molecule has 5 heteroatoms. The molecular formula is C12H17NO3S. The minimum atomic E-state index is -3.03. The summed E-state index contributed by atoms with van der Waals surface area (Å²) < 4.78 is 29.0. The lowest BCUT2D eigenvalue weighted by Crippen LogP contribution is -2.52. The summed E-state index contributed by atoms with van der Waals surface area (Å²) in [6.45, 7) is 1.95. The van der Waals surface area contributed by atoms with Gasteiger partial charge in [-0.3, -0.25) is 0 Å². The molecule has 0 saturated carbocycles. The van der Waals surface area contributed by atoms with Crippen LogP contribution in [0.5, 0.6) is 5.75 Å². The fraction of sp³-hybridized carbons (Fsp3) is 0.500. The molecule has 1 aliphatic heterocycles. The van der Waals surface area contributed by atoms with Crippen molar-refractivity contribution in [1.82, 2.24) is 5.32 Å². The van der Waals surface area contributed by atoms with Crippen LogP contribution in [0.25, 0.3) is 0 Å².